The summed E-state index contributed by atoms with van der Waals surface area (Å²) in [5, 5.41) is 3.25. The molecule has 0 saturated heterocycles. The molecule has 4 unspecified atom stereocenters. The van der Waals surface area contributed by atoms with Crippen molar-refractivity contribution in [1.82, 2.24) is 4.98 Å². The predicted octanol–water partition coefficient (Wildman–Crippen LogP) is 3.46. The van der Waals surface area contributed by atoms with Crippen molar-refractivity contribution in [2.24, 2.45) is 17.8 Å². The van der Waals surface area contributed by atoms with Crippen LogP contribution in [0.2, 0.25) is 0 Å². The van der Waals surface area contributed by atoms with E-state index in [-0.39, 0.29) is 5.82 Å². The maximum absolute atomic E-state index is 13.5. The standard InChI is InChI=1S/C14H19FN2/c1-9(12-8-10-4-5-11(12)7-10)17-14-13(15)3-2-6-16-14/h2-3,6,9-12H,4-5,7-8H2,1H3,(H,16,17). The van der Waals surface area contributed by atoms with Gasteiger partial charge in [0.25, 0.3) is 0 Å². The maximum atomic E-state index is 13.5. The van der Waals surface area contributed by atoms with E-state index >= 15 is 0 Å². The van der Waals surface area contributed by atoms with Gasteiger partial charge >= 0.3 is 0 Å². The molecule has 17 heavy (non-hydrogen) atoms. The molecule has 1 N–H and O–H groups in total. The Balaban J connectivity index is 1.68. The number of fused-ring (bicyclic) bond motifs is 2. The predicted molar refractivity (Wildman–Crippen MR) is 66.2 cm³/mol. The van der Waals surface area contributed by atoms with Crippen LogP contribution in [0.4, 0.5) is 10.2 Å². The van der Waals surface area contributed by atoms with Gasteiger partial charge in [0.2, 0.25) is 0 Å². The van der Waals surface area contributed by atoms with E-state index in [1.54, 1.807) is 12.3 Å². The summed E-state index contributed by atoms with van der Waals surface area (Å²) in [5.74, 6) is 2.65. The van der Waals surface area contributed by atoms with Crippen molar-refractivity contribution in [3.63, 3.8) is 0 Å². The van der Waals surface area contributed by atoms with Crippen LogP contribution in [0, 0.1) is 23.6 Å². The molecule has 0 aromatic carbocycles. The molecule has 4 atom stereocenters. The Morgan fingerprint density at radius 3 is 2.94 bits per heavy atom. The second-order valence-corrected chi connectivity index (χ2v) is 5.61. The molecule has 0 spiro atoms. The molecule has 92 valence electrons. The summed E-state index contributed by atoms with van der Waals surface area (Å²) < 4.78 is 13.5. The monoisotopic (exact) mass is 234 g/mol. The van der Waals surface area contributed by atoms with Gasteiger partial charge in [-0.25, -0.2) is 9.37 Å². The molecule has 3 heteroatoms. The van der Waals surface area contributed by atoms with Crippen LogP contribution < -0.4 is 5.32 Å². The Kier molecular flexibility index (Phi) is 2.77. The van der Waals surface area contributed by atoms with E-state index in [0.717, 1.165) is 11.8 Å². The Hall–Kier alpha value is -1.12. The molecule has 2 fully saturated rings. The smallest absolute Gasteiger partial charge is 0.165 e. The van der Waals surface area contributed by atoms with Crippen LogP contribution in [0.3, 0.4) is 0 Å². The number of hydrogen-bond donors (Lipinski definition) is 1. The van der Waals surface area contributed by atoms with E-state index in [1.165, 1.54) is 31.7 Å². The van der Waals surface area contributed by atoms with E-state index in [4.69, 9.17) is 0 Å². The van der Waals surface area contributed by atoms with Crippen molar-refractivity contribution >= 4 is 5.82 Å². The van der Waals surface area contributed by atoms with Crippen molar-refractivity contribution in [2.75, 3.05) is 5.32 Å². The first kappa shape index (κ1) is 11.0. The zero-order valence-corrected chi connectivity index (χ0v) is 10.2. The lowest BCUT2D eigenvalue weighted by atomic mass is 9.84. The number of rotatable bonds is 3. The first-order valence-electron chi connectivity index (χ1n) is 6.61. The molecule has 2 aliphatic rings. The summed E-state index contributed by atoms with van der Waals surface area (Å²) in [5.41, 5.74) is 0. The lowest BCUT2D eigenvalue weighted by Gasteiger charge is -2.28. The first-order valence-corrected chi connectivity index (χ1v) is 6.61. The second-order valence-electron chi connectivity index (χ2n) is 5.61. The largest absolute Gasteiger partial charge is 0.365 e. The van der Waals surface area contributed by atoms with Crippen molar-refractivity contribution in [3.05, 3.63) is 24.1 Å². The van der Waals surface area contributed by atoms with Gasteiger partial charge < -0.3 is 5.32 Å². The van der Waals surface area contributed by atoms with Gasteiger partial charge in [-0.3, -0.25) is 0 Å². The highest BCUT2D eigenvalue weighted by Gasteiger charge is 2.41. The lowest BCUT2D eigenvalue weighted by molar-refractivity contribution is 0.303. The van der Waals surface area contributed by atoms with E-state index in [0.29, 0.717) is 17.8 Å². The van der Waals surface area contributed by atoms with Crippen LogP contribution >= 0.6 is 0 Å². The SMILES string of the molecule is CC(Nc1ncccc1F)C1CC2CCC1C2. The number of anilines is 1. The summed E-state index contributed by atoms with van der Waals surface area (Å²) in [4.78, 5) is 4.07. The molecule has 1 heterocycles. The summed E-state index contributed by atoms with van der Waals surface area (Å²) in [7, 11) is 0. The van der Waals surface area contributed by atoms with Crippen LogP contribution in [0.25, 0.3) is 0 Å². The Morgan fingerprint density at radius 1 is 1.41 bits per heavy atom. The first-order chi connectivity index (χ1) is 8.24. The number of pyridine rings is 1. The molecule has 2 nitrogen and oxygen atoms in total. The van der Waals surface area contributed by atoms with Gasteiger partial charge in [0, 0.05) is 12.2 Å². The zero-order chi connectivity index (χ0) is 11.8. The van der Waals surface area contributed by atoms with Crippen LogP contribution in [-0.2, 0) is 0 Å². The minimum absolute atomic E-state index is 0.248. The average Bonchev–Trinajstić information content (AvgIpc) is 2.94. The Bertz CT molecular complexity index is 407. The van der Waals surface area contributed by atoms with Gasteiger partial charge in [-0.2, -0.15) is 0 Å². The fourth-order valence-electron chi connectivity index (χ4n) is 3.72. The number of nitrogens with one attached hydrogen (secondary N) is 1. The third kappa shape index (κ3) is 2.03. The minimum atomic E-state index is -0.248. The second kappa shape index (κ2) is 4.28. The molecular formula is C14H19FN2. The van der Waals surface area contributed by atoms with Crippen molar-refractivity contribution in [2.45, 2.75) is 38.6 Å². The van der Waals surface area contributed by atoms with Crippen molar-refractivity contribution in [1.29, 1.82) is 0 Å². The van der Waals surface area contributed by atoms with E-state index in [1.807, 2.05) is 0 Å². The third-order valence-corrected chi connectivity index (χ3v) is 4.56. The van der Waals surface area contributed by atoms with Crippen molar-refractivity contribution in [3.8, 4) is 0 Å². The van der Waals surface area contributed by atoms with Gasteiger partial charge in [-0.05, 0) is 56.1 Å². The van der Waals surface area contributed by atoms with E-state index in [2.05, 4.69) is 17.2 Å². The number of nitrogens with zero attached hydrogens (tertiary/aromatic N) is 1. The van der Waals surface area contributed by atoms with E-state index < -0.39 is 0 Å². The molecule has 0 amide bonds. The maximum Gasteiger partial charge on any atom is 0.165 e. The number of aromatic nitrogens is 1. The third-order valence-electron chi connectivity index (χ3n) is 4.56. The topological polar surface area (TPSA) is 24.9 Å². The van der Waals surface area contributed by atoms with Gasteiger partial charge in [0.15, 0.2) is 11.6 Å². The van der Waals surface area contributed by atoms with Gasteiger partial charge in [-0.15, -0.1) is 0 Å². The fourth-order valence-corrected chi connectivity index (χ4v) is 3.72. The highest BCUT2D eigenvalue weighted by Crippen LogP contribution is 2.49. The molecule has 1 aromatic heterocycles. The molecule has 2 aliphatic carbocycles. The van der Waals surface area contributed by atoms with Crippen LogP contribution in [0.15, 0.2) is 18.3 Å². The van der Waals surface area contributed by atoms with Gasteiger partial charge in [0.1, 0.15) is 0 Å². The molecular weight excluding hydrogens is 215 g/mol. The molecule has 2 saturated carbocycles. The molecule has 2 bridgehead atoms. The summed E-state index contributed by atoms with van der Waals surface area (Å²) in [6.07, 6.45) is 7.12. The number of hydrogen-bond acceptors (Lipinski definition) is 2. The van der Waals surface area contributed by atoms with Crippen LogP contribution in [0.5, 0.6) is 0 Å². The zero-order valence-electron chi connectivity index (χ0n) is 10.2. The molecule has 0 aliphatic heterocycles. The van der Waals surface area contributed by atoms with Crippen molar-refractivity contribution < 1.29 is 4.39 Å². The quantitative estimate of drug-likeness (QED) is 0.866. The normalized spacial score (nSPS) is 32.7. The number of halogens is 1. The highest BCUT2D eigenvalue weighted by molar-refractivity contribution is 5.36. The summed E-state index contributed by atoms with van der Waals surface area (Å²) >= 11 is 0. The van der Waals surface area contributed by atoms with E-state index in [9.17, 15) is 4.39 Å². The Morgan fingerprint density at radius 2 is 2.29 bits per heavy atom. The van der Waals surface area contributed by atoms with Crippen LogP contribution in [-0.4, -0.2) is 11.0 Å². The molecule has 3 rings (SSSR count). The van der Waals surface area contributed by atoms with Gasteiger partial charge in [-0.1, -0.05) is 6.42 Å². The minimum Gasteiger partial charge on any atom is -0.365 e. The highest BCUT2D eigenvalue weighted by atomic mass is 19.1. The summed E-state index contributed by atoms with van der Waals surface area (Å²) in [6.45, 7) is 2.17. The fraction of sp³-hybridized carbons (Fsp3) is 0.643. The summed E-state index contributed by atoms with van der Waals surface area (Å²) in [6, 6.07) is 3.42. The molecule has 1 aromatic rings. The molecule has 0 radical (unpaired) electrons. The Labute approximate surface area is 102 Å². The van der Waals surface area contributed by atoms with Crippen LogP contribution in [0.1, 0.15) is 32.6 Å². The van der Waals surface area contributed by atoms with Gasteiger partial charge in [0.05, 0.1) is 0 Å². The lowest BCUT2D eigenvalue weighted by Crippen LogP contribution is -2.30. The average molecular weight is 234 g/mol.